The lowest BCUT2D eigenvalue weighted by atomic mass is 10.00. The Bertz CT molecular complexity index is 971. The molecule has 2 aromatic rings. The zero-order valence-electron chi connectivity index (χ0n) is 13.6. The van der Waals surface area contributed by atoms with E-state index in [4.69, 9.17) is 17.4 Å². The fourth-order valence-corrected chi connectivity index (χ4v) is 2.88. The van der Waals surface area contributed by atoms with Gasteiger partial charge in [-0.2, -0.15) is 0 Å². The van der Waals surface area contributed by atoms with Crippen LogP contribution >= 0.6 is 11.6 Å². The van der Waals surface area contributed by atoms with Crippen LogP contribution in [-0.4, -0.2) is 28.3 Å². The molecule has 1 aliphatic heterocycles. The van der Waals surface area contributed by atoms with Crippen molar-refractivity contribution in [1.29, 1.82) is 0 Å². The first-order valence-corrected chi connectivity index (χ1v) is 8.01. The molecule has 1 aliphatic rings. The lowest BCUT2D eigenvalue weighted by Crippen LogP contribution is -2.40. The van der Waals surface area contributed by atoms with Crippen molar-refractivity contribution in [2.45, 2.75) is 13.0 Å². The highest BCUT2D eigenvalue weighted by Gasteiger charge is 2.26. The summed E-state index contributed by atoms with van der Waals surface area (Å²) in [6.45, 7) is 1.69. The normalized spacial score (nSPS) is 16.0. The molecule has 0 radical (unpaired) electrons. The first-order chi connectivity index (χ1) is 12.4. The third-order valence-corrected chi connectivity index (χ3v) is 4.23. The van der Waals surface area contributed by atoms with Crippen molar-refractivity contribution in [3.8, 4) is 0 Å². The lowest BCUT2D eigenvalue weighted by molar-refractivity contribution is -0.384. The zero-order chi connectivity index (χ0) is 18.8. The standard InChI is InChI=1S/C17H14ClN5O3/c1-9-15(17(24)22-19)21-14-7-6-10(23(25)26)8-12(14)16(20-9)11-4-2-3-5-13(11)18/h2-9H,19H2,1H3,(H,22,24). The Morgan fingerprint density at radius 3 is 2.65 bits per heavy atom. The summed E-state index contributed by atoms with van der Waals surface area (Å²) in [6, 6.07) is 10.5. The molecule has 2 aromatic carbocycles. The van der Waals surface area contributed by atoms with Gasteiger partial charge in [0.2, 0.25) is 0 Å². The number of nitrogens with zero attached hydrogens (tertiary/aromatic N) is 3. The molecule has 1 amide bonds. The number of fused-ring (bicyclic) bond motifs is 1. The van der Waals surface area contributed by atoms with E-state index in [-0.39, 0.29) is 11.4 Å². The first-order valence-electron chi connectivity index (χ1n) is 7.63. The maximum atomic E-state index is 12.1. The van der Waals surface area contributed by atoms with E-state index in [0.29, 0.717) is 27.5 Å². The molecule has 0 aromatic heterocycles. The predicted molar refractivity (Wildman–Crippen MR) is 99.1 cm³/mol. The number of hydrogen-bond donors (Lipinski definition) is 2. The van der Waals surface area contributed by atoms with Gasteiger partial charge in [-0.25, -0.2) is 10.8 Å². The predicted octanol–water partition coefficient (Wildman–Crippen LogP) is 2.55. The van der Waals surface area contributed by atoms with Crippen LogP contribution in [0.25, 0.3) is 0 Å². The Hall–Kier alpha value is -3.10. The maximum absolute atomic E-state index is 12.1. The molecule has 3 rings (SSSR count). The van der Waals surface area contributed by atoms with Gasteiger partial charge in [0, 0.05) is 28.3 Å². The highest BCUT2D eigenvalue weighted by molar-refractivity contribution is 6.42. The van der Waals surface area contributed by atoms with Crippen LogP contribution in [-0.2, 0) is 4.79 Å². The summed E-state index contributed by atoms with van der Waals surface area (Å²) in [4.78, 5) is 31.6. The molecule has 132 valence electrons. The van der Waals surface area contributed by atoms with Crippen LogP contribution in [0.2, 0.25) is 5.02 Å². The van der Waals surface area contributed by atoms with E-state index in [9.17, 15) is 14.9 Å². The number of nitro groups is 1. The van der Waals surface area contributed by atoms with Crippen molar-refractivity contribution < 1.29 is 9.72 Å². The third-order valence-electron chi connectivity index (χ3n) is 3.90. The number of nitro benzene ring substituents is 1. The Labute approximate surface area is 153 Å². The summed E-state index contributed by atoms with van der Waals surface area (Å²) in [5, 5.41) is 11.6. The Morgan fingerprint density at radius 1 is 1.27 bits per heavy atom. The van der Waals surface area contributed by atoms with E-state index in [0.717, 1.165) is 0 Å². The van der Waals surface area contributed by atoms with E-state index in [1.54, 1.807) is 31.2 Å². The van der Waals surface area contributed by atoms with Crippen LogP contribution in [0.3, 0.4) is 0 Å². The number of hydrazine groups is 1. The molecule has 3 N–H and O–H groups in total. The number of benzene rings is 2. The first kappa shape index (κ1) is 17.7. The molecule has 0 fully saturated rings. The molecule has 0 saturated carbocycles. The van der Waals surface area contributed by atoms with E-state index in [1.807, 2.05) is 5.43 Å². The van der Waals surface area contributed by atoms with Crippen LogP contribution in [0.4, 0.5) is 11.4 Å². The average molecular weight is 372 g/mol. The summed E-state index contributed by atoms with van der Waals surface area (Å²) >= 11 is 6.30. The summed E-state index contributed by atoms with van der Waals surface area (Å²) in [5.74, 6) is 4.65. The Kier molecular flexibility index (Phi) is 4.79. The minimum atomic E-state index is -0.628. The number of halogens is 1. The van der Waals surface area contributed by atoms with Crippen molar-refractivity contribution in [1.82, 2.24) is 5.43 Å². The number of amides is 1. The smallest absolute Gasteiger partial charge is 0.281 e. The number of nitrogens with one attached hydrogen (secondary N) is 1. The summed E-state index contributed by atoms with van der Waals surface area (Å²) in [7, 11) is 0. The van der Waals surface area contributed by atoms with Gasteiger partial charge in [0.1, 0.15) is 5.71 Å². The van der Waals surface area contributed by atoms with Gasteiger partial charge >= 0.3 is 0 Å². The van der Waals surface area contributed by atoms with Crippen molar-refractivity contribution in [3.63, 3.8) is 0 Å². The van der Waals surface area contributed by atoms with E-state index < -0.39 is 16.9 Å². The largest absolute Gasteiger partial charge is 0.289 e. The van der Waals surface area contributed by atoms with Crippen LogP contribution < -0.4 is 11.3 Å². The molecule has 8 nitrogen and oxygen atoms in total. The number of carbonyl (C=O) groups excluding carboxylic acids is 1. The van der Waals surface area contributed by atoms with Crippen LogP contribution in [0.15, 0.2) is 52.4 Å². The lowest BCUT2D eigenvalue weighted by Gasteiger charge is -2.11. The molecule has 26 heavy (non-hydrogen) atoms. The van der Waals surface area contributed by atoms with Crippen molar-refractivity contribution in [2.24, 2.45) is 15.8 Å². The van der Waals surface area contributed by atoms with E-state index in [1.165, 1.54) is 18.2 Å². The second-order valence-corrected chi connectivity index (χ2v) is 5.97. The topological polar surface area (TPSA) is 123 Å². The van der Waals surface area contributed by atoms with Crippen molar-refractivity contribution in [3.05, 3.63) is 68.7 Å². The fourth-order valence-electron chi connectivity index (χ4n) is 2.65. The molecule has 1 unspecified atom stereocenters. The van der Waals surface area contributed by atoms with Crippen molar-refractivity contribution in [2.75, 3.05) is 0 Å². The molecule has 0 spiro atoms. The highest BCUT2D eigenvalue weighted by atomic mass is 35.5. The molecular weight excluding hydrogens is 358 g/mol. The fraction of sp³-hybridized carbons (Fsp3) is 0.118. The van der Waals surface area contributed by atoms with Gasteiger partial charge in [0.25, 0.3) is 11.6 Å². The number of aliphatic imine (C=N–C) groups is 2. The van der Waals surface area contributed by atoms with Gasteiger partial charge in [-0.05, 0) is 19.1 Å². The monoisotopic (exact) mass is 371 g/mol. The zero-order valence-corrected chi connectivity index (χ0v) is 14.4. The molecule has 0 aliphatic carbocycles. The van der Waals surface area contributed by atoms with E-state index >= 15 is 0 Å². The van der Waals surface area contributed by atoms with Gasteiger partial charge < -0.3 is 0 Å². The third kappa shape index (κ3) is 3.19. The molecule has 0 bridgehead atoms. The summed E-state index contributed by atoms with van der Waals surface area (Å²) < 4.78 is 0. The molecule has 0 saturated heterocycles. The van der Waals surface area contributed by atoms with Crippen LogP contribution in [0.5, 0.6) is 0 Å². The highest BCUT2D eigenvalue weighted by Crippen LogP contribution is 2.32. The minimum Gasteiger partial charge on any atom is -0.289 e. The van der Waals surface area contributed by atoms with Gasteiger partial charge in [-0.1, -0.05) is 29.8 Å². The number of nitrogens with two attached hydrogens (primary N) is 1. The maximum Gasteiger partial charge on any atom is 0.281 e. The Balaban J connectivity index is 2.30. The molecule has 1 atom stereocenters. The second-order valence-electron chi connectivity index (χ2n) is 5.56. The Morgan fingerprint density at radius 2 is 2.00 bits per heavy atom. The van der Waals surface area contributed by atoms with Crippen molar-refractivity contribution >= 4 is 40.3 Å². The second kappa shape index (κ2) is 7.03. The van der Waals surface area contributed by atoms with Crippen LogP contribution in [0.1, 0.15) is 18.1 Å². The minimum absolute atomic E-state index is 0.102. The summed E-state index contributed by atoms with van der Waals surface area (Å²) in [5.41, 5.74) is 3.83. The molecular formula is C17H14ClN5O3. The summed E-state index contributed by atoms with van der Waals surface area (Å²) in [6.07, 6.45) is 0. The molecule has 9 heteroatoms. The average Bonchev–Trinajstić information content (AvgIpc) is 2.77. The number of carbonyl (C=O) groups is 1. The quantitative estimate of drug-likeness (QED) is 0.372. The number of rotatable bonds is 3. The van der Waals surface area contributed by atoms with Gasteiger partial charge in [0.05, 0.1) is 22.4 Å². The molecule has 1 heterocycles. The van der Waals surface area contributed by atoms with Gasteiger partial charge in [-0.3, -0.25) is 25.3 Å². The van der Waals surface area contributed by atoms with Gasteiger partial charge in [0.15, 0.2) is 0 Å². The van der Waals surface area contributed by atoms with E-state index in [2.05, 4.69) is 9.98 Å². The number of hydrogen-bond acceptors (Lipinski definition) is 6. The number of non-ortho nitro benzene ring substituents is 1. The van der Waals surface area contributed by atoms with Crippen LogP contribution in [0, 0.1) is 10.1 Å². The van der Waals surface area contributed by atoms with Gasteiger partial charge in [-0.15, -0.1) is 0 Å². The SMILES string of the molecule is CC1N=C(c2ccccc2Cl)c2cc([N+](=O)[O-])ccc2N=C1C(=O)NN.